The molecule has 6 saturated carbocycles. The number of halogens is 1. The molecule has 6 fully saturated rings. The third kappa shape index (κ3) is 16.2. The quantitative estimate of drug-likeness (QED) is 0.0418. The van der Waals surface area contributed by atoms with Crippen LogP contribution >= 0.6 is 0 Å². The maximum absolute atomic E-state index is 13.6. The van der Waals surface area contributed by atoms with Gasteiger partial charge < -0.3 is 24.9 Å². The normalized spacial score (nSPS) is 16.5. The van der Waals surface area contributed by atoms with Crippen LogP contribution in [0.15, 0.2) is 95.9 Å². The molecule has 0 saturated heterocycles. The lowest BCUT2D eigenvalue weighted by Crippen LogP contribution is -2.42. The molecule has 594 valence electrons. The van der Waals surface area contributed by atoms with E-state index in [1.807, 2.05) is 4.98 Å². The minimum absolute atomic E-state index is 0.0426. The van der Waals surface area contributed by atoms with Crippen LogP contribution in [0.25, 0.3) is 55.2 Å². The van der Waals surface area contributed by atoms with Gasteiger partial charge in [0.2, 0.25) is 0 Å². The van der Waals surface area contributed by atoms with Crippen molar-refractivity contribution in [3.63, 3.8) is 0 Å². The fraction of sp³-hybridized carbons (Fsp3) is 0.571. The van der Waals surface area contributed by atoms with E-state index in [1.165, 1.54) is 111 Å². The smallest absolute Gasteiger partial charge is 0.301 e. The second kappa shape index (κ2) is 30.8. The summed E-state index contributed by atoms with van der Waals surface area (Å²) in [5.74, 6) is 1.94. The minimum atomic E-state index is -1.15. The van der Waals surface area contributed by atoms with E-state index in [1.54, 1.807) is 0 Å². The van der Waals surface area contributed by atoms with Crippen LogP contribution in [0.2, 0.25) is 0 Å². The third-order valence-electron chi connectivity index (χ3n) is 22.8. The van der Waals surface area contributed by atoms with Crippen LogP contribution in [-0.2, 0) is 68.0 Å². The fourth-order valence-corrected chi connectivity index (χ4v) is 15.2. The van der Waals surface area contributed by atoms with E-state index in [0.717, 1.165) is 97.5 Å². The number of aromatic nitrogens is 20. The Morgan fingerprint density at radius 2 is 0.577 bits per heavy atom. The second-order valence-corrected chi connectivity index (χ2v) is 30.6. The maximum Gasteiger partial charge on any atom is 0.331 e. The molecule has 0 spiro atoms. The van der Waals surface area contributed by atoms with E-state index in [9.17, 15) is 100 Å². The fourth-order valence-electron chi connectivity index (χ4n) is 15.2. The number of alkyl halides is 1. The molecule has 10 aromatic heterocycles. The molecule has 10 N–H and O–H groups in total. The Labute approximate surface area is 618 Å². The van der Waals surface area contributed by atoms with E-state index in [4.69, 9.17) is 0 Å². The second-order valence-electron chi connectivity index (χ2n) is 30.6. The van der Waals surface area contributed by atoms with Crippen molar-refractivity contribution < 1.29 is 4.39 Å². The Kier molecular flexibility index (Phi) is 21.8. The average molecular weight is 1550 g/mol. The van der Waals surface area contributed by atoms with Crippen LogP contribution in [0.4, 0.5) is 4.39 Å². The molecule has 0 unspecified atom stereocenters. The van der Waals surface area contributed by atoms with E-state index >= 15 is 0 Å². The number of hydrogen-bond acceptors (Lipinski definition) is 20. The lowest BCUT2D eigenvalue weighted by Gasteiger charge is -2.25. The van der Waals surface area contributed by atoms with Gasteiger partial charge in [-0.05, 0) is 131 Å². The van der Waals surface area contributed by atoms with Crippen LogP contribution in [0.1, 0.15) is 155 Å². The zero-order valence-electron chi connectivity index (χ0n) is 62.0. The highest BCUT2D eigenvalue weighted by molar-refractivity contribution is 5.74. The van der Waals surface area contributed by atoms with Gasteiger partial charge in [-0.2, -0.15) is 0 Å². The lowest BCUT2D eigenvalue weighted by molar-refractivity contribution is 0.278. The summed E-state index contributed by atoms with van der Waals surface area (Å²) >= 11 is 0. The number of H-pyrrole nitrogens is 10. The first-order valence-corrected chi connectivity index (χ1v) is 37.0. The number of aromatic amines is 10. The number of nitrogens with one attached hydrogen (secondary N) is 10. The zero-order valence-corrected chi connectivity index (χ0v) is 62.0. The zero-order chi connectivity index (χ0) is 80.2. The lowest BCUT2D eigenvalue weighted by atomic mass is 9.83. The molecular weight excluding hydrogens is 1460 g/mol. The summed E-state index contributed by atoms with van der Waals surface area (Å²) in [6.45, 7) is 3.73. The number of rotatable bonds is 19. The molecule has 16 rings (SSSR count). The molecule has 0 amide bonds. The number of hydrogen-bond donors (Lipinski definition) is 10. The van der Waals surface area contributed by atoms with Crippen molar-refractivity contribution in [2.45, 2.75) is 193 Å². The summed E-state index contributed by atoms with van der Waals surface area (Å²) in [6, 6.07) is 0. The monoisotopic (exact) mass is 1550 g/mol. The van der Waals surface area contributed by atoms with Gasteiger partial charge in [0.05, 0.1) is 0 Å². The third-order valence-corrected chi connectivity index (χ3v) is 22.8. The number of aryl methyl sites for hydroxylation is 5. The van der Waals surface area contributed by atoms with Crippen molar-refractivity contribution >= 4 is 55.2 Å². The van der Waals surface area contributed by atoms with E-state index in [-0.39, 0.29) is 61.7 Å². The van der Waals surface area contributed by atoms with Gasteiger partial charge >= 0.3 is 56.9 Å². The Balaban J connectivity index is 0.000000129. The van der Waals surface area contributed by atoms with Gasteiger partial charge in [0.15, 0.2) is 0 Å². The molecule has 0 aromatic carbocycles. The molecular formula is C70H87FN20O20. The van der Waals surface area contributed by atoms with Crippen molar-refractivity contribution in [1.82, 2.24) is 95.5 Å². The first-order valence-electron chi connectivity index (χ1n) is 37.0. The Morgan fingerprint density at radius 1 is 0.315 bits per heavy atom. The molecule has 0 atom stereocenters. The van der Waals surface area contributed by atoms with Gasteiger partial charge in [-0.25, -0.2) is 52.3 Å². The largest absolute Gasteiger partial charge is 0.331 e. The topological polar surface area (TPSA) is 549 Å². The summed E-state index contributed by atoms with van der Waals surface area (Å²) in [7, 11) is 6.63. The van der Waals surface area contributed by atoms with Crippen LogP contribution < -0.4 is 112 Å². The standard InChI is InChI=1S/C16H20N4O4.2C14H18N4O4.C13H15FN4O4.C13H16N4O4/c1-19-13(22)10-11(12(21)18-14(23)17-10)20(15(19)24)8-2-5-16(6-7-16)9-3-4-9;1-14(5-6-14)4-3-7-18-9-8(11(20)17(2)13(18)22)15-12(21)16-10(9)19;1-17-12(20)9-10(11(19)16-13(21)15-9)18(14(17)22)7-6-8-4-2-3-5-8;1-17-10(20)7-8(9(19)16-11(21)15-7)18(12(17)22)6-2-3-13(14)4-5-13;1-16-11(19)8-9(10(18)15-12(20)14-8)17(13(16)21)6-5-7-3-2-4-7/h9H,2-8H2,1H3,(H2,17,18,21,23);3-7H2,1-2H3,(H2,15,16,19,21);8H,2-7H2,1H3,(H2,15,16,19,21);2-6H2,1H3,(H2,15,16,19,21);7H,2-6H2,1H3,(H2,14,15,18,20). The van der Waals surface area contributed by atoms with Crippen molar-refractivity contribution in [3.8, 4) is 0 Å². The maximum atomic E-state index is 13.6. The first kappa shape index (κ1) is 78.6. The van der Waals surface area contributed by atoms with Gasteiger partial charge in [0.1, 0.15) is 60.8 Å². The predicted molar refractivity (Wildman–Crippen MR) is 404 cm³/mol. The number of nitrogens with zero attached hydrogens (tertiary/aromatic N) is 10. The Bertz CT molecular complexity index is 6570. The van der Waals surface area contributed by atoms with Crippen molar-refractivity contribution in [2.75, 3.05) is 0 Å². The summed E-state index contributed by atoms with van der Waals surface area (Å²) < 4.78 is 24.4. The Hall–Kier alpha value is -12.0. The van der Waals surface area contributed by atoms with Crippen molar-refractivity contribution in [1.29, 1.82) is 0 Å². The van der Waals surface area contributed by atoms with Crippen LogP contribution in [-0.4, -0.2) is 101 Å². The first-order chi connectivity index (χ1) is 52.5. The molecule has 6 aliphatic carbocycles. The molecule has 6 aliphatic rings. The summed E-state index contributed by atoms with van der Waals surface area (Å²) in [5, 5.41) is 0. The predicted octanol–water partition coefficient (Wildman–Crippen LogP) is -2.01. The molecule has 10 aromatic rings. The highest BCUT2D eigenvalue weighted by Gasteiger charge is 2.53. The molecule has 0 aliphatic heterocycles. The number of fused-ring (bicyclic) bond motifs is 5. The van der Waals surface area contributed by atoms with E-state index in [2.05, 4.69) is 51.8 Å². The SMILES string of the molecule is Cn1c(=O)c2[nH]c(=O)[nH]c(=O)c2n(CCC2CCC2)c1=O.Cn1c(=O)c2[nH]c(=O)[nH]c(=O)c2n(CCC2CCCC2)c1=O.Cn1c(=O)c2[nH]c(=O)[nH]c(=O)c2n(CCCC2(C)CC2)c1=O.Cn1c(=O)c2[nH]c(=O)[nH]c(=O)c2n(CCCC2(C3CC3)CC2)c1=O.Cn1c(=O)c2[nH]c(=O)[nH]c(=O)c2n(CCCC2(F)CC2)c1=O. The van der Waals surface area contributed by atoms with Gasteiger partial charge in [0, 0.05) is 68.0 Å². The van der Waals surface area contributed by atoms with E-state index in [0.29, 0.717) is 74.5 Å². The van der Waals surface area contributed by atoms with Crippen LogP contribution in [0, 0.1) is 28.6 Å². The molecule has 10 heterocycles. The Morgan fingerprint density at radius 3 is 0.820 bits per heavy atom. The average Bonchev–Trinajstić information content (AvgIpc) is 1.54. The summed E-state index contributed by atoms with van der Waals surface area (Å²) in [4.78, 5) is 261. The molecule has 41 heteroatoms. The molecule has 40 nitrogen and oxygen atoms in total. The van der Waals surface area contributed by atoms with Gasteiger partial charge in [-0.1, -0.05) is 51.9 Å². The summed E-state index contributed by atoms with van der Waals surface area (Å²) in [6.07, 6.45) is 22.4. The van der Waals surface area contributed by atoms with Gasteiger partial charge in [-0.3, -0.25) is 119 Å². The van der Waals surface area contributed by atoms with Crippen LogP contribution in [0.3, 0.4) is 0 Å². The minimum Gasteiger partial charge on any atom is -0.301 e. The van der Waals surface area contributed by atoms with Gasteiger partial charge in [0.25, 0.3) is 55.6 Å². The molecule has 0 radical (unpaired) electrons. The van der Waals surface area contributed by atoms with Gasteiger partial charge in [-0.15, -0.1) is 0 Å². The molecule has 0 bridgehead atoms. The highest BCUT2D eigenvalue weighted by Crippen LogP contribution is 2.63. The summed E-state index contributed by atoms with van der Waals surface area (Å²) in [5.41, 5.74) is -15.2. The van der Waals surface area contributed by atoms with Crippen molar-refractivity contribution in [2.24, 2.45) is 63.8 Å². The van der Waals surface area contributed by atoms with E-state index < -0.39 is 118 Å². The van der Waals surface area contributed by atoms with Crippen LogP contribution in [0.5, 0.6) is 0 Å². The van der Waals surface area contributed by atoms with Crippen molar-refractivity contribution in [3.05, 3.63) is 208 Å². The molecule has 111 heavy (non-hydrogen) atoms. The highest BCUT2D eigenvalue weighted by atomic mass is 19.1.